The van der Waals surface area contributed by atoms with Crippen LogP contribution in [0.25, 0.3) is 10.9 Å². The van der Waals surface area contributed by atoms with E-state index in [0.717, 1.165) is 0 Å². The SMILES string of the molecule is COc1cc2nc(CN(C)CC(=O)Nc3cccc(F)c3)[nH]c(=O)c2cc1OC. The second-order valence-corrected chi connectivity index (χ2v) is 6.47. The van der Waals surface area contributed by atoms with Crippen LogP contribution in [0.4, 0.5) is 10.1 Å². The monoisotopic (exact) mass is 400 g/mol. The molecule has 2 N–H and O–H groups in total. The summed E-state index contributed by atoms with van der Waals surface area (Å²) in [6, 6.07) is 8.85. The highest BCUT2D eigenvalue weighted by Crippen LogP contribution is 2.29. The summed E-state index contributed by atoms with van der Waals surface area (Å²) in [5.74, 6) is 0.558. The van der Waals surface area contributed by atoms with Crippen molar-refractivity contribution in [1.29, 1.82) is 0 Å². The number of rotatable bonds is 7. The third-order valence-corrected chi connectivity index (χ3v) is 4.20. The Labute approximate surface area is 166 Å². The summed E-state index contributed by atoms with van der Waals surface area (Å²) < 4.78 is 23.7. The molecule has 3 rings (SSSR count). The van der Waals surface area contributed by atoms with Gasteiger partial charge < -0.3 is 19.8 Å². The number of nitrogens with zero attached hydrogens (tertiary/aromatic N) is 2. The summed E-state index contributed by atoms with van der Waals surface area (Å²) in [6.45, 7) is 0.264. The van der Waals surface area contributed by atoms with Gasteiger partial charge in [0, 0.05) is 11.8 Å². The van der Waals surface area contributed by atoms with Gasteiger partial charge in [-0.15, -0.1) is 0 Å². The van der Waals surface area contributed by atoms with Crippen LogP contribution in [-0.2, 0) is 11.3 Å². The summed E-state index contributed by atoms with van der Waals surface area (Å²) in [7, 11) is 4.70. The molecular formula is C20H21FN4O4. The first-order chi connectivity index (χ1) is 13.9. The number of nitrogens with one attached hydrogen (secondary N) is 2. The normalized spacial score (nSPS) is 10.9. The van der Waals surface area contributed by atoms with E-state index in [1.807, 2.05) is 0 Å². The Kier molecular flexibility index (Phi) is 6.08. The molecular weight excluding hydrogens is 379 g/mol. The number of benzene rings is 2. The number of methoxy groups -OCH3 is 2. The van der Waals surface area contributed by atoms with Gasteiger partial charge in [-0.05, 0) is 31.3 Å². The molecule has 0 atom stereocenters. The van der Waals surface area contributed by atoms with E-state index in [-0.39, 0.29) is 24.6 Å². The van der Waals surface area contributed by atoms with Gasteiger partial charge in [-0.3, -0.25) is 14.5 Å². The van der Waals surface area contributed by atoms with Gasteiger partial charge in [0.25, 0.3) is 5.56 Å². The van der Waals surface area contributed by atoms with E-state index >= 15 is 0 Å². The molecule has 2 aromatic carbocycles. The van der Waals surface area contributed by atoms with E-state index in [1.54, 1.807) is 30.1 Å². The average Bonchev–Trinajstić information content (AvgIpc) is 2.66. The smallest absolute Gasteiger partial charge is 0.258 e. The van der Waals surface area contributed by atoms with E-state index in [0.29, 0.717) is 33.9 Å². The minimum Gasteiger partial charge on any atom is -0.493 e. The highest BCUT2D eigenvalue weighted by molar-refractivity contribution is 5.92. The lowest BCUT2D eigenvalue weighted by Gasteiger charge is -2.16. The highest BCUT2D eigenvalue weighted by Gasteiger charge is 2.13. The molecule has 8 nitrogen and oxygen atoms in total. The van der Waals surface area contributed by atoms with E-state index < -0.39 is 5.82 Å². The van der Waals surface area contributed by atoms with Crippen LogP contribution in [0, 0.1) is 5.82 Å². The second-order valence-electron chi connectivity index (χ2n) is 6.47. The Morgan fingerprint density at radius 3 is 2.62 bits per heavy atom. The van der Waals surface area contributed by atoms with Crippen molar-refractivity contribution >= 4 is 22.5 Å². The molecule has 9 heteroatoms. The van der Waals surface area contributed by atoms with Crippen molar-refractivity contribution in [2.75, 3.05) is 33.1 Å². The summed E-state index contributed by atoms with van der Waals surface area (Å²) in [5, 5.41) is 3.00. The molecule has 0 bridgehead atoms. The topological polar surface area (TPSA) is 96.5 Å². The van der Waals surface area contributed by atoms with Crippen molar-refractivity contribution in [3.05, 3.63) is 58.4 Å². The fourth-order valence-electron chi connectivity index (χ4n) is 2.91. The van der Waals surface area contributed by atoms with Crippen LogP contribution >= 0.6 is 0 Å². The molecule has 0 unspecified atom stereocenters. The van der Waals surface area contributed by atoms with E-state index in [1.165, 1.54) is 32.4 Å². The van der Waals surface area contributed by atoms with Gasteiger partial charge in [0.2, 0.25) is 5.91 Å². The number of H-pyrrole nitrogens is 1. The van der Waals surface area contributed by atoms with Gasteiger partial charge in [-0.25, -0.2) is 9.37 Å². The third kappa shape index (κ3) is 4.88. The molecule has 1 heterocycles. The van der Waals surface area contributed by atoms with Crippen LogP contribution in [-0.4, -0.2) is 48.6 Å². The third-order valence-electron chi connectivity index (χ3n) is 4.20. The lowest BCUT2D eigenvalue weighted by atomic mass is 10.2. The number of aromatic nitrogens is 2. The van der Waals surface area contributed by atoms with E-state index in [9.17, 15) is 14.0 Å². The van der Waals surface area contributed by atoms with Crippen molar-refractivity contribution in [3.63, 3.8) is 0 Å². The minimum absolute atomic E-state index is 0.0319. The number of carbonyl (C=O) groups is 1. The molecule has 29 heavy (non-hydrogen) atoms. The Morgan fingerprint density at radius 2 is 1.93 bits per heavy atom. The van der Waals surface area contributed by atoms with E-state index in [4.69, 9.17) is 9.47 Å². The Bertz CT molecular complexity index is 1100. The fourth-order valence-corrected chi connectivity index (χ4v) is 2.91. The largest absolute Gasteiger partial charge is 0.493 e. The van der Waals surface area contributed by atoms with Crippen molar-refractivity contribution < 1.29 is 18.7 Å². The number of amides is 1. The van der Waals surface area contributed by atoms with E-state index in [2.05, 4.69) is 15.3 Å². The number of hydrogen-bond donors (Lipinski definition) is 2. The lowest BCUT2D eigenvalue weighted by molar-refractivity contribution is -0.117. The molecule has 1 aromatic heterocycles. The number of aromatic amines is 1. The van der Waals surface area contributed by atoms with Crippen LogP contribution in [0.3, 0.4) is 0 Å². The zero-order valence-corrected chi connectivity index (χ0v) is 16.3. The first-order valence-corrected chi connectivity index (χ1v) is 8.78. The molecule has 0 fully saturated rings. The molecule has 0 aliphatic heterocycles. The Hall–Kier alpha value is -3.46. The maximum absolute atomic E-state index is 13.2. The molecule has 0 spiro atoms. The second kappa shape index (κ2) is 8.70. The number of likely N-dealkylation sites (N-methyl/N-ethyl adjacent to an activating group) is 1. The van der Waals surface area contributed by atoms with Crippen LogP contribution in [0.15, 0.2) is 41.2 Å². The molecule has 0 radical (unpaired) electrons. The summed E-state index contributed by atoms with van der Waals surface area (Å²) in [6.07, 6.45) is 0. The summed E-state index contributed by atoms with van der Waals surface area (Å²) in [5.41, 5.74) is 0.518. The predicted molar refractivity (Wildman–Crippen MR) is 107 cm³/mol. The van der Waals surface area contributed by atoms with Crippen molar-refractivity contribution in [1.82, 2.24) is 14.9 Å². The molecule has 0 aliphatic carbocycles. The van der Waals surface area contributed by atoms with Crippen LogP contribution in [0.5, 0.6) is 11.5 Å². The van der Waals surface area contributed by atoms with Crippen LogP contribution in [0.1, 0.15) is 5.82 Å². The number of anilines is 1. The maximum atomic E-state index is 13.2. The number of ether oxygens (including phenoxy) is 2. The number of hydrogen-bond acceptors (Lipinski definition) is 6. The van der Waals surface area contributed by atoms with Gasteiger partial charge >= 0.3 is 0 Å². The van der Waals surface area contributed by atoms with Gasteiger partial charge in [-0.1, -0.05) is 6.07 Å². The van der Waals surface area contributed by atoms with Crippen LogP contribution < -0.4 is 20.3 Å². The number of fused-ring (bicyclic) bond motifs is 1. The predicted octanol–water partition coefficient (Wildman–Crippen LogP) is 2.15. The van der Waals surface area contributed by atoms with Crippen LogP contribution in [0.2, 0.25) is 0 Å². The zero-order chi connectivity index (χ0) is 21.0. The maximum Gasteiger partial charge on any atom is 0.258 e. The average molecular weight is 400 g/mol. The fraction of sp³-hybridized carbons (Fsp3) is 0.250. The van der Waals surface area contributed by atoms with Crippen molar-refractivity contribution in [3.8, 4) is 11.5 Å². The van der Waals surface area contributed by atoms with Crippen molar-refractivity contribution in [2.45, 2.75) is 6.54 Å². The highest BCUT2D eigenvalue weighted by atomic mass is 19.1. The van der Waals surface area contributed by atoms with Gasteiger partial charge in [-0.2, -0.15) is 0 Å². The number of carbonyl (C=O) groups excluding carboxylic acids is 1. The first-order valence-electron chi connectivity index (χ1n) is 8.78. The molecule has 0 saturated heterocycles. The number of halogens is 1. The quantitative estimate of drug-likeness (QED) is 0.631. The summed E-state index contributed by atoms with van der Waals surface area (Å²) >= 11 is 0. The molecule has 0 aliphatic rings. The van der Waals surface area contributed by atoms with Crippen molar-refractivity contribution in [2.24, 2.45) is 0 Å². The minimum atomic E-state index is -0.429. The molecule has 152 valence electrons. The molecule has 0 saturated carbocycles. The molecule has 3 aromatic rings. The Morgan fingerprint density at radius 1 is 1.21 bits per heavy atom. The van der Waals surface area contributed by atoms with Gasteiger partial charge in [0.05, 0.1) is 38.2 Å². The van der Waals surface area contributed by atoms with Gasteiger partial charge in [0.15, 0.2) is 11.5 Å². The lowest BCUT2D eigenvalue weighted by Crippen LogP contribution is -2.31. The zero-order valence-electron chi connectivity index (χ0n) is 16.3. The Balaban J connectivity index is 1.73. The molecule has 1 amide bonds. The van der Waals surface area contributed by atoms with Gasteiger partial charge in [0.1, 0.15) is 11.6 Å². The first kappa shape index (κ1) is 20.3. The summed E-state index contributed by atoms with van der Waals surface area (Å²) in [4.78, 5) is 33.4. The standard InChI is InChI=1S/C20H21FN4O4/c1-25(11-19(26)22-13-6-4-5-12(21)7-13)10-18-23-15-9-17(29-3)16(28-2)8-14(15)20(27)24-18/h4-9H,10-11H2,1-3H3,(H,22,26)(H,23,24,27).